The van der Waals surface area contributed by atoms with Crippen molar-refractivity contribution >= 4 is 0 Å². The minimum Gasteiger partial charge on any atom is -0.394 e. The summed E-state index contributed by atoms with van der Waals surface area (Å²) >= 11 is 0. The first-order valence-corrected chi connectivity index (χ1v) is 7.17. The Balaban J connectivity index is 2.42. The van der Waals surface area contributed by atoms with Crippen molar-refractivity contribution in [2.24, 2.45) is 0 Å². The van der Waals surface area contributed by atoms with Gasteiger partial charge >= 0.3 is 0 Å². The van der Waals surface area contributed by atoms with E-state index in [-0.39, 0.29) is 12.1 Å². The number of aliphatic hydroxyl groups is 1. The van der Waals surface area contributed by atoms with Gasteiger partial charge in [0.1, 0.15) is 0 Å². The van der Waals surface area contributed by atoms with Crippen LogP contribution in [0.2, 0.25) is 0 Å². The molecule has 0 amide bonds. The van der Waals surface area contributed by atoms with Crippen LogP contribution in [0.25, 0.3) is 0 Å². The van der Waals surface area contributed by atoms with Crippen LogP contribution in [0.5, 0.6) is 0 Å². The van der Waals surface area contributed by atoms with Crippen molar-refractivity contribution in [1.29, 1.82) is 0 Å². The van der Waals surface area contributed by atoms with Crippen LogP contribution >= 0.6 is 0 Å². The molecule has 4 heteroatoms. The monoisotopic (exact) mass is 257 g/mol. The highest BCUT2D eigenvalue weighted by Gasteiger charge is 2.27. The molecule has 0 bridgehead atoms. The maximum atomic E-state index is 9.58. The molecule has 2 N–H and O–H groups in total. The van der Waals surface area contributed by atoms with Crippen LogP contribution < -0.4 is 5.32 Å². The quantitative estimate of drug-likeness (QED) is 0.737. The molecule has 1 heterocycles. The summed E-state index contributed by atoms with van der Waals surface area (Å²) < 4.78 is 0. The van der Waals surface area contributed by atoms with Gasteiger partial charge in [0.25, 0.3) is 0 Å². The molecule has 18 heavy (non-hydrogen) atoms. The summed E-state index contributed by atoms with van der Waals surface area (Å²) in [7, 11) is 2.19. The summed E-state index contributed by atoms with van der Waals surface area (Å²) in [5.41, 5.74) is -0.156. The van der Waals surface area contributed by atoms with Gasteiger partial charge in [-0.1, -0.05) is 13.8 Å². The first kappa shape index (κ1) is 15.9. The number of hydrogen-bond acceptors (Lipinski definition) is 4. The van der Waals surface area contributed by atoms with Crippen LogP contribution in [-0.4, -0.2) is 72.4 Å². The summed E-state index contributed by atoms with van der Waals surface area (Å²) in [6, 6.07) is 1.03. The highest BCUT2D eigenvalue weighted by Crippen LogP contribution is 2.15. The molecule has 4 nitrogen and oxygen atoms in total. The topological polar surface area (TPSA) is 38.7 Å². The minimum atomic E-state index is -0.156. The maximum Gasteiger partial charge on any atom is 0.0611 e. The number of nitrogens with zero attached hydrogens (tertiary/aromatic N) is 2. The zero-order valence-corrected chi connectivity index (χ0v) is 12.7. The van der Waals surface area contributed by atoms with E-state index in [0.29, 0.717) is 12.1 Å². The van der Waals surface area contributed by atoms with Gasteiger partial charge in [-0.05, 0) is 27.3 Å². The van der Waals surface area contributed by atoms with E-state index in [1.54, 1.807) is 0 Å². The van der Waals surface area contributed by atoms with Crippen molar-refractivity contribution in [2.75, 3.05) is 39.8 Å². The molecule has 0 saturated carbocycles. The Morgan fingerprint density at radius 3 is 2.56 bits per heavy atom. The Labute approximate surface area is 112 Å². The molecule has 0 aliphatic carbocycles. The van der Waals surface area contributed by atoms with Gasteiger partial charge in [0.15, 0.2) is 0 Å². The number of hydrogen-bond donors (Lipinski definition) is 2. The van der Waals surface area contributed by atoms with Crippen LogP contribution in [0.4, 0.5) is 0 Å². The molecule has 0 aromatic carbocycles. The van der Waals surface area contributed by atoms with Crippen molar-refractivity contribution < 1.29 is 5.11 Å². The standard InChI is InChI=1S/C14H31N3O/c1-12(2)15-14(4,11-18)6-7-17-9-8-16(5)10-13(17)3/h12-13,15,18H,6-11H2,1-5H3. The molecule has 108 valence electrons. The van der Waals surface area contributed by atoms with Gasteiger partial charge in [-0.2, -0.15) is 0 Å². The van der Waals surface area contributed by atoms with Crippen LogP contribution in [-0.2, 0) is 0 Å². The number of piperazine rings is 1. The van der Waals surface area contributed by atoms with E-state index in [0.717, 1.165) is 32.6 Å². The SMILES string of the molecule is CC(C)NC(C)(CO)CCN1CCN(C)CC1C. The Kier molecular flexibility index (Phi) is 6.05. The maximum absolute atomic E-state index is 9.58. The molecule has 0 aromatic heterocycles. The predicted molar refractivity (Wildman–Crippen MR) is 76.9 cm³/mol. The van der Waals surface area contributed by atoms with E-state index in [2.05, 4.69) is 49.9 Å². The lowest BCUT2D eigenvalue weighted by molar-refractivity contribution is 0.0780. The second kappa shape index (κ2) is 6.85. The Morgan fingerprint density at radius 2 is 2.06 bits per heavy atom. The summed E-state index contributed by atoms with van der Waals surface area (Å²) in [5.74, 6) is 0. The fourth-order valence-corrected chi connectivity index (χ4v) is 2.79. The third kappa shape index (κ3) is 4.84. The van der Waals surface area contributed by atoms with Gasteiger partial charge in [-0.25, -0.2) is 0 Å². The Hall–Kier alpha value is -0.160. The van der Waals surface area contributed by atoms with Crippen LogP contribution in [0.1, 0.15) is 34.1 Å². The third-order valence-electron chi connectivity index (χ3n) is 3.91. The molecule has 1 fully saturated rings. The van der Waals surface area contributed by atoms with Gasteiger partial charge in [0.2, 0.25) is 0 Å². The molecule has 2 unspecified atom stereocenters. The van der Waals surface area contributed by atoms with Crippen LogP contribution in [0.15, 0.2) is 0 Å². The van der Waals surface area contributed by atoms with E-state index in [1.165, 1.54) is 0 Å². The number of likely N-dealkylation sites (N-methyl/N-ethyl adjacent to an activating group) is 1. The van der Waals surface area contributed by atoms with E-state index in [1.807, 2.05) is 0 Å². The minimum absolute atomic E-state index is 0.156. The highest BCUT2D eigenvalue weighted by molar-refractivity contribution is 4.87. The summed E-state index contributed by atoms with van der Waals surface area (Å²) in [4.78, 5) is 4.93. The molecular weight excluding hydrogens is 226 g/mol. The molecular formula is C14H31N3O. The summed E-state index contributed by atoms with van der Waals surface area (Å²) in [6.07, 6.45) is 0.996. The van der Waals surface area contributed by atoms with Crippen LogP contribution in [0, 0.1) is 0 Å². The number of aliphatic hydroxyl groups excluding tert-OH is 1. The Bertz CT molecular complexity index is 247. The average Bonchev–Trinajstić information content (AvgIpc) is 2.27. The second-order valence-corrected chi connectivity index (χ2v) is 6.42. The normalized spacial score (nSPS) is 26.5. The van der Waals surface area contributed by atoms with E-state index in [4.69, 9.17) is 0 Å². The summed E-state index contributed by atoms with van der Waals surface area (Å²) in [6.45, 7) is 13.4. The largest absolute Gasteiger partial charge is 0.394 e. The van der Waals surface area contributed by atoms with Crippen molar-refractivity contribution in [3.8, 4) is 0 Å². The van der Waals surface area contributed by atoms with E-state index >= 15 is 0 Å². The van der Waals surface area contributed by atoms with Crippen molar-refractivity contribution in [2.45, 2.75) is 51.7 Å². The highest BCUT2D eigenvalue weighted by atomic mass is 16.3. The van der Waals surface area contributed by atoms with E-state index < -0.39 is 0 Å². The fourth-order valence-electron chi connectivity index (χ4n) is 2.79. The first-order valence-electron chi connectivity index (χ1n) is 7.17. The Morgan fingerprint density at radius 1 is 1.39 bits per heavy atom. The molecule has 0 spiro atoms. The summed E-state index contributed by atoms with van der Waals surface area (Å²) in [5, 5.41) is 13.1. The molecule has 0 radical (unpaired) electrons. The molecule has 1 aliphatic heterocycles. The molecule has 1 saturated heterocycles. The molecule has 0 aromatic rings. The predicted octanol–water partition coefficient (Wildman–Crippen LogP) is 0.761. The molecule has 1 aliphatic rings. The van der Waals surface area contributed by atoms with Gasteiger partial charge in [0, 0.05) is 43.8 Å². The third-order valence-corrected chi connectivity index (χ3v) is 3.91. The van der Waals surface area contributed by atoms with E-state index in [9.17, 15) is 5.11 Å². The zero-order valence-electron chi connectivity index (χ0n) is 12.7. The first-order chi connectivity index (χ1) is 8.36. The van der Waals surface area contributed by atoms with Gasteiger partial charge in [-0.15, -0.1) is 0 Å². The average molecular weight is 257 g/mol. The van der Waals surface area contributed by atoms with Crippen molar-refractivity contribution in [3.05, 3.63) is 0 Å². The van der Waals surface area contributed by atoms with Gasteiger partial charge < -0.3 is 15.3 Å². The molecule has 1 rings (SSSR count). The smallest absolute Gasteiger partial charge is 0.0611 e. The molecule has 2 atom stereocenters. The zero-order chi connectivity index (χ0) is 13.8. The second-order valence-electron chi connectivity index (χ2n) is 6.42. The fraction of sp³-hybridized carbons (Fsp3) is 1.00. The van der Waals surface area contributed by atoms with Crippen molar-refractivity contribution in [3.63, 3.8) is 0 Å². The lowest BCUT2D eigenvalue weighted by Gasteiger charge is -2.40. The van der Waals surface area contributed by atoms with Gasteiger partial charge in [0.05, 0.1) is 6.61 Å². The number of nitrogens with one attached hydrogen (secondary N) is 1. The van der Waals surface area contributed by atoms with Crippen LogP contribution in [0.3, 0.4) is 0 Å². The van der Waals surface area contributed by atoms with Gasteiger partial charge in [-0.3, -0.25) is 4.90 Å². The lowest BCUT2D eigenvalue weighted by atomic mass is 9.97. The lowest BCUT2D eigenvalue weighted by Crippen LogP contribution is -2.54. The number of rotatable bonds is 6. The van der Waals surface area contributed by atoms with Crippen molar-refractivity contribution in [1.82, 2.24) is 15.1 Å².